The molecule has 3 heteroatoms. The Labute approximate surface area is 169 Å². The summed E-state index contributed by atoms with van der Waals surface area (Å²) >= 11 is 0. The van der Waals surface area contributed by atoms with Gasteiger partial charge in [0.1, 0.15) is 0 Å². The van der Waals surface area contributed by atoms with Gasteiger partial charge < -0.3 is 5.73 Å². The summed E-state index contributed by atoms with van der Waals surface area (Å²) in [7, 11) is 0. The SMILES string of the molecule is CC(C)(C)C1=C[C@@]2(C(C)(C)C)C(=O)C(=NCCCN)[C@@H]1C=C2c1ccccc1. The van der Waals surface area contributed by atoms with Gasteiger partial charge in [-0.1, -0.05) is 89.6 Å². The van der Waals surface area contributed by atoms with Crippen LogP contribution in [0.5, 0.6) is 0 Å². The van der Waals surface area contributed by atoms with Crippen LogP contribution in [0.2, 0.25) is 0 Å². The topological polar surface area (TPSA) is 55.5 Å². The van der Waals surface area contributed by atoms with Gasteiger partial charge in [-0.05, 0) is 34.9 Å². The number of allylic oxidation sites excluding steroid dienone is 4. The Bertz CT molecular complexity index is 847. The number of hydrogen-bond acceptors (Lipinski definition) is 3. The molecule has 3 nitrogen and oxygen atoms in total. The van der Waals surface area contributed by atoms with Gasteiger partial charge in [0, 0.05) is 12.5 Å². The van der Waals surface area contributed by atoms with Crippen LogP contribution < -0.4 is 5.73 Å². The molecule has 2 bridgehead atoms. The minimum atomic E-state index is -0.701. The molecule has 0 heterocycles. The smallest absolute Gasteiger partial charge is 0.192 e. The Morgan fingerprint density at radius 2 is 1.71 bits per heavy atom. The number of benzene rings is 1. The number of Topliss-reactive ketones (excluding diaryl/α,β-unsaturated/α-hetero) is 1. The van der Waals surface area contributed by atoms with E-state index in [0.717, 1.165) is 23.3 Å². The zero-order valence-corrected chi connectivity index (χ0v) is 18.2. The summed E-state index contributed by atoms with van der Waals surface area (Å²) in [5.74, 6) is 0.112. The van der Waals surface area contributed by atoms with Crippen LogP contribution in [0.25, 0.3) is 5.57 Å². The van der Waals surface area contributed by atoms with Gasteiger partial charge >= 0.3 is 0 Å². The van der Waals surface area contributed by atoms with Crippen LogP contribution in [0.3, 0.4) is 0 Å². The molecule has 0 unspecified atom stereocenters. The zero-order valence-electron chi connectivity index (χ0n) is 18.2. The second-order valence-corrected chi connectivity index (χ2v) is 10.1. The zero-order chi connectivity index (χ0) is 20.7. The van der Waals surface area contributed by atoms with Crippen molar-refractivity contribution in [3.63, 3.8) is 0 Å². The van der Waals surface area contributed by atoms with E-state index >= 15 is 0 Å². The fourth-order valence-corrected chi connectivity index (χ4v) is 4.59. The number of rotatable bonds is 4. The monoisotopic (exact) mass is 378 g/mol. The van der Waals surface area contributed by atoms with Crippen LogP contribution in [0.4, 0.5) is 0 Å². The molecule has 0 aliphatic heterocycles. The van der Waals surface area contributed by atoms with Gasteiger partial charge in [0.25, 0.3) is 0 Å². The van der Waals surface area contributed by atoms with Gasteiger partial charge in [-0.2, -0.15) is 0 Å². The van der Waals surface area contributed by atoms with E-state index in [1.807, 2.05) is 18.2 Å². The lowest BCUT2D eigenvalue weighted by molar-refractivity contribution is -0.121. The van der Waals surface area contributed by atoms with E-state index in [2.05, 4.69) is 65.8 Å². The summed E-state index contributed by atoms with van der Waals surface area (Å²) in [6.07, 6.45) is 5.39. The number of fused-ring (bicyclic) bond motifs is 1. The number of hydrogen-bond donors (Lipinski definition) is 1. The molecular weight excluding hydrogens is 344 g/mol. The highest BCUT2D eigenvalue weighted by atomic mass is 16.1. The van der Waals surface area contributed by atoms with Crippen LogP contribution >= 0.6 is 0 Å². The molecule has 0 radical (unpaired) electrons. The standard InChI is InChI=1S/C25H34N2O/c1-23(2,3)20-16-25(24(4,5)6)19(17-11-8-7-9-12-17)15-18(20)21(22(25)28)27-14-10-13-26/h7-9,11-12,15-16,18H,10,13-14,26H2,1-6H3/t18-,25+/m1/s1. The van der Waals surface area contributed by atoms with Gasteiger partial charge in [-0.3, -0.25) is 9.79 Å². The van der Waals surface area contributed by atoms with Crippen LogP contribution in [0, 0.1) is 22.2 Å². The van der Waals surface area contributed by atoms with Crippen molar-refractivity contribution in [3.8, 4) is 0 Å². The van der Waals surface area contributed by atoms with Crippen LogP contribution in [-0.4, -0.2) is 24.6 Å². The maximum atomic E-state index is 14.0. The number of carbonyl (C=O) groups is 1. The third kappa shape index (κ3) is 3.20. The average Bonchev–Trinajstić information content (AvgIpc) is 2.62. The van der Waals surface area contributed by atoms with E-state index in [1.165, 1.54) is 5.57 Å². The predicted molar refractivity (Wildman–Crippen MR) is 118 cm³/mol. The molecule has 0 saturated carbocycles. The molecule has 28 heavy (non-hydrogen) atoms. The average molecular weight is 379 g/mol. The molecule has 0 aromatic heterocycles. The van der Waals surface area contributed by atoms with Crippen molar-refractivity contribution in [2.24, 2.45) is 32.9 Å². The number of nitrogens with zero attached hydrogens (tertiary/aromatic N) is 1. The fraction of sp³-hybridized carbons (Fsp3) is 0.520. The minimum Gasteiger partial charge on any atom is -0.330 e. The fourth-order valence-electron chi connectivity index (χ4n) is 4.59. The Hall–Kier alpha value is -2.00. The molecule has 2 atom stereocenters. The van der Waals surface area contributed by atoms with E-state index in [-0.39, 0.29) is 22.5 Å². The van der Waals surface area contributed by atoms with Gasteiger partial charge in [-0.25, -0.2) is 0 Å². The Morgan fingerprint density at radius 3 is 2.25 bits per heavy atom. The van der Waals surface area contributed by atoms with E-state index < -0.39 is 5.41 Å². The molecule has 0 fully saturated rings. The Kier molecular flexibility index (Phi) is 5.26. The number of ketones is 1. The highest BCUT2D eigenvalue weighted by Gasteiger charge is 2.59. The van der Waals surface area contributed by atoms with Crippen molar-refractivity contribution in [3.05, 3.63) is 53.6 Å². The number of aliphatic imine (C=N–C) groups is 1. The van der Waals surface area contributed by atoms with E-state index in [4.69, 9.17) is 10.7 Å². The molecule has 1 aromatic rings. The largest absolute Gasteiger partial charge is 0.330 e. The molecule has 1 aromatic carbocycles. The van der Waals surface area contributed by atoms with Crippen molar-refractivity contribution in [1.29, 1.82) is 0 Å². The first-order chi connectivity index (χ1) is 13.0. The van der Waals surface area contributed by atoms with Gasteiger partial charge in [0.2, 0.25) is 0 Å². The molecule has 2 N–H and O–H groups in total. The maximum Gasteiger partial charge on any atom is 0.192 e. The molecule has 4 rings (SSSR count). The van der Waals surface area contributed by atoms with Gasteiger partial charge in [-0.15, -0.1) is 0 Å². The molecule has 150 valence electrons. The van der Waals surface area contributed by atoms with Crippen molar-refractivity contribution < 1.29 is 4.79 Å². The van der Waals surface area contributed by atoms with Crippen LogP contribution in [-0.2, 0) is 4.79 Å². The Morgan fingerprint density at radius 1 is 1.07 bits per heavy atom. The van der Waals surface area contributed by atoms with Crippen molar-refractivity contribution in [1.82, 2.24) is 0 Å². The predicted octanol–water partition coefficient (Wildman–Crippen LogP) is 5.08. The third-order valence-electron chi connectivity index (χ3n) is 6.13. The van der Waals surface area contributed by atoms with Crippen LogP contribution in [0.15, 0.2) is 53.0 Å². The van der Waals surface area contributed by atoms with Gasteiger partial charge in [0.15, 0.2) is 5.78 Å². The summed E-state index contributed by atoms with van der Waals surface area (Å²) < 4.78 is 0. The minimum absolute atomic E-state index is 0.0325. The maximum absolute atomic E-state index is 14.0. The second-order valence-electron chi connectivity index (χ2n) is 10.1. The first-order valence-electron chi connectivity index (χ1n) is 10.3. The molecular formula is C25H34N2O. The first-order valence-corrected chi connectivity index (χ1v) is 10.3. The number of carbonyl (C=O) groups excluding carboxylic acids is 1. The van der Waals surface area contributed by atoms with Gasteiger partial charge in [0.05, 0.1) is 11.1 Å². The first kappa shape index (κ1) is 20.7. The highest BCUT2D eigenvalue weighted by molar-refractivity contribution is 6.48. The summed E-state index contributed by atoms with van der Waals surface area (Å²) in [5.41, 5.74) is 8.93. The molecule has 0 amide bonds. The highest BCUT2D eigenvalue weighted by Crippen LogP contribution is 2.60. The van der Waals surface area contributed by atoms with Crippen molar-refractivity contribution >= 4 is 17.1 Å². The van der Waals surface area contributed by atoms with Crippen LogP contribution in [0.1, 0.15) is 53.5 Å². The molecule has 3 aliphatic carbocycles. The van der Waals surface area contributed by atoms with Crippen molar-refractivity contribution in [2.75, 3.05) is 13.1 Å². The lowest BCUT2D eigenvalue weighted by Crippen LogP contribution is -2.55. The Balaban J connectivity index is 2.29. The van der Waals surface area contributed by atoms with E-state index in [1.54, 1.807) is 0 Å². The molecule has 0 saturated heterocycles. The second kappa shape index (κ2) is 7.11. The summed E-state index contributed by atoms with van der Waals surface area (Å²) in [5, 5.41) is 0. The van der Waals surface area contributed by atoms with E-state index in [0.29, 0.717) is 13.1 Å². The lowest BCUT2D eigenvalue weighted by Gasteiger charge is -2.53. The quantitative estimate of drug-likeness (QED) is 0.587. The third-order valence-corrected chi connectivity index (χ3v) is 6.13. The molecule has 3 aliphatic rings. The van der Waals surface area contributed by atoms with Crippen molar-refractivity contribution in [2.45, 2.75) is 48.0 Å². The molecule has 0 spiro atoms. The van der Waals surface area contributed by atoms with E-state index in [9.17, 15) is 4.79 Å². The summed E-state index contributed by atoms with van der Waals surface area (Å²) in [6, 6.07) is 10.3. The number of nitrogens with two attached hydrogens (primary N) is 1. The normalized spacial score (nSPS) is 26.5. The lowest BCUT2D eigenvalue weighted by atomic mass is 9.48. The summed E-state index contributed by atoms with van der Waals surface area (Å²) in [4.78, 5) is 18.7. The summed E-state index contributed by atoms with van der Waals surface area (Å²) in [6.45, 7) is 14.4.